The highest BCUT2D eigenvalue weighted by atomic mass is 16.5. The lowest BCUT2D eigenvalue weighted by Gasteiger charge is -2.31. The number of methoxy groups -OCH3 is 3. The Hall–Kier alpha value is -2.73. The van der Waals surface area contributed by atoms with Crippen LogP contribution in [0.15, 0.2) is 42.5 Å². The fourth-order valence-corrected chi connectivity index (χ4v) is 3.73. The normalized spacial score (nSPS) is 14.9. The van der Waals surface area contributed by atoms with Gasteiger partial charge in [0.1, 0.15) is 11.8 Å². The molecule has 6 heteroatoms. The molecule has 1 aliphatic heterocycles. The quantitative estimate of drug-likeness (QED) is 0.737. The predicted molar refractivity (Wildman–Crippen MR) is 113 cm³/mol. The molecular formula is C23H30N2O4. The van der Waals surface area contributed by atoms with Gasteiger partial charge in [-0.3, -0.25) is 10.1 Å². The van der Waals surface area contributed by atoms with Crippen molar-refractivity contribution in [3.8, 4) is 17.2 Å². The van der Waals surface area contributed by atoms with Gasteiger partial charge in [-0.1, -0.05) is 30.3 Å². The molecule has 1 atom stereocenters. The molecule has 1 fully saturated rings. The number of likely N-dealkylation sites (tertiary alicyclic amines) is 1. The second kappa shape index (κ2) is 10.2. The summed E-state index contributed by atoms with van der Waals surface area (Å²) in [5.74, 6) is 2.04. The Kier molecular flexibility index (Phi) is 7.36. The lowest BCUT2D eigenvalue weighted by Crippen LogP contribution is -2.43. The number of carbonyl (C=O) groups is 1. The SMILES string of the molecule is COc1cc(OC)c(OC)cc1CN[C@H](C(=O)N1CCCCC1)c1ccccc1. The lowest BCUT2D eigenvalue weighted by molar-refractivity contribution is -0.134. The summed E-state index contributed by atoms with van der Waals surface area (Å²) in [7, 11) is 4.82. The van der Waals surface area contributed by atoms with Gasteiger partial charge in [-0.15, -0.1) is 0 Å². The van der Waals surface area contributed by atoms with Crippen LogP contribution in [0.1, 0.15) is 36.4 Å². The number of amides is 1. The lowest BCUT2D eigenvalue weighted by atomic mass is 10.0. The van der Waals surface area contributed by atoms with Crippen molar-refractivity contribution in [1.29, 1.82) is 0 Å². The van der Waals surface area contributed by atoms with Gasteiger partial charge in [-0.2, -0.15) is 0 Å². The molecule has 1 saturated heterocycles. The number of carbonyl (C=O) groups excluding carboxylic acids is 1. The largest absolute Gasteiger partial charge is 0.496 e. The molecule has 1 N–H and O–H groups in total. The molecular weight excluding hydrogens is 368 g/mol. The minimum Gasteiger partial charge on any atom is -0.496 e. The Morgan fingerprint density at radius 1 is 0.931 bits per heavy atom. The zero-order valence-electron chi connectivity index (χ0n) is 17.4. The molecule has 0 spiro atoms. The van der Waals surface area contributed by atoms with E-state index >= 15 is 0 Å². The van der Waals surface area contributed by atoms with Gasteiger partial charge in [-0.05, 0) is 30.9 Å². The highest BCUT2D eigenvalue weighted by Gasteiger charge is 2.27. The highest BCUT2D eigenvalue weighted by Crippen LogP contribution is 2.35. The zero-order valence-corrected chi connectivity index (χ0v) is 17.4. The Bertz CT molecular complexity index is 804. The van der Waals surface area contributed by atoms with Gasteiger partial charge in [0.2, 0.25) is 5.91 Å². The third kappa shape index (κ3) is 5.01. The minimum absolute atomic E-state index is 0.121. The molecule has 1 heterocycles. The minimum atomic E-state index is -0.410. The van der Waals surface area contributed by atoms with Crippen molar-refractivity contribution < 1.29 is 19.0 Å². The average molecular weight is 399 g/mol. The van der Waals surface area contributed by atoms with Gasteiger partial charge < -0.3 is 19.1 Å². The Labute approximate surface area is 172 Å². The molecule has 3 rings (SSSR count). The molecule has 156 valence electrons. The van der Waals surface area contributed by atoms with Crippen LogP contribution in [0.25, 0.3) is 0 Å². The number of hydrogen-bond donors (Lipinski definition) is 1. The van der Waals surface area contributed by atoms with Crippen molar-refractivity contribution in [2.24, 2.45) is 0 Å². The molecule has 0 aliphatic carbocycles. The Morgan fingerprint density at radius 3 is 2.17 bits per heavy atom. The zero-order chi connectivity index (χ0) is 20.6. The van der Waals surface area contributed by atoms with Gasteiger partial charge in [0.15, 0.2) is 11.5 Å². The van der Waals surface area contributed by atoms with Gasteiger partial charge in [-0.25, -0.2) is 0 Å². The predicted octanol–water partition coefficient (Wildman–Crippen LogP) is 3.56. The van der Waals surface area contributed by atoms with Crippen molar-refractivity contribution in [3.05, 3.63) is 53.6 Å². The molecule has 0 radical (unpaired) electrons. The maximum Gasteiger partial charge on any atom is 0.244 e. The van der Waals surface area contributed by atoms with Crippen LogP contribution in [0.2, 0.25) is 0 Å². The van der Waals surface area contributed by atoms with Crippen LogP contribution in [0.3, 0.4) is 0 Å². The number of hydrogen-bond acceptors (Lipinski definition) is 5. The Morgan fingerprint density at radius 2 is 1.55 bits per heavy atom. The smallest absolute Gasteiger partial charge is 0.244 e. The molecule has 0 aromatic heterocycles. The summed E-state index contributed by atoms with van der Waals surface area (Å²) >= 11 is 0. The molecule has 6 nitrogen and oxygen atoms in total. The van der Waals surface area contributed by atoms with Crippen LogP contribution in [-0.4, -0.2) is 45.2 Å². The molecule has 1 aliphatic rings. The number of nitrogens with zero attached hydrogens (tertiary/aromatic N) is 1. The first-order chi connectivity index (χ1) is 14.2. The summed E-state index contributed by atoms with van der Waals surface area (Å²) in [6.45, 7) is 2.11. The van der Waals surface area contributed by atoms with E-state index in [1.54, 1.807) is 27.4 Å². The molecule has 1 amide bonds. The topological polar surface area (TPSA) is 60.0 Å². The third-order valence-corrected chi connectivity index (χ3v) is 5.33. The molecule has 0 unspecified atom stereocenters. The molecule has 2 aromatic carbocycles. The average Bonchev–Trinajstić information content (AvgIpc) is 2.79. The maximum atomic E-state index is 13.3. The van der Waals surface area contributed by atoms with E-state index in [2.05, 4.69) is 5.32 Å². The molecule has 0 bridgehead atoms. The third-order valence-electron chi connectivity index (χ3n) is 5.33. The van der Waals surface area contributed by atoms with Crippen LogP contribution in [0.4, 0.5) is 0 Å². The summed E-state index contributed by atoms with van der Waals surface area (Å²) in [5.41, 5.74) is 1.86. The first-order valence-corrected chi connectivity index (χ1v) is 10.0. The van der Waals surface area contributed by atoms with E-state index in [1.807, 2.05) is 41.3 Å². The number of benzene rings is 2. The maximum absolute atomic E-state index is 13.3. The number of ether oxygens (including phenoxy) is 3. The fraction of sp³-hybridized carbons (Fsp3) is 0.435. The van der Waals surface area contributed by atoms with E-state index in [1.165, 1.54) is 6.42 Å². The first-order valence-electron chi connectivity index (χ1n) is 10.0. The summed E-state index contributed by atoms with van der Waals surface area (Å²) in [6.07, 6.45) is 3.32. The highest BCUT2D eigenvalue weighted by molar-refractivity contribution is 5.83. The summed E-state index contributed by atoms with van der Waals surface area (Å²) in [5, 5.41) is 3.45. The van der Waals surface area contributed by atoms with Crippen molar-refractivity contribution >= 4 is 5.91 Å². The van der Waals surface area contributed by atoms with Crippen LogP contribution in [0.5, 0.6) is 17.2 Å². The van der Waals surface area contributed by atoms with Gasteiger partial charge >= 0.3 is 0 Å². The van der Waals surface area contributed by atoms with E-state index in [0.717, 1.165) is 37.1 Å². The van der Waals surface area contributed by atoms with E-state index in [-0.39, 0.29) is 5.91 Å². The van der Waals surface area contributed by atoms with Gasteiger partial charge in [0.25, 0.3) is 0 Å². The molecule has 0 saturated carbocycles. The van der Waals surface area contributed by atoms with Gasteiger partial charge in [0.05, 0.1) is 21.3 Å². The number of nitrogens with one attached hydrogen (secondary N) is 1. The first kappa shape index (κ1) is 21.0. The van der Waals surface area contributed by atoms with Crippen molar-refractivity contribution in [2.75, 3.05) is 34.4 Å². The van der Waals surface area contributed by atoms with E-state index in [4.69, 9.17) is 14.2 Å². The summed E-state index contributed by atoms with van der Waals surface area (Å²) in [6, 6.07) is 13.2. The molecule has 29 heavy (non-hydrogen) atoms. The van der Waals surface area contributed by atoms with Crippen molar-refractivity contribution in [1.82, 2.24) is 10.2 Å². The van der Waals surface area contributed by atoms with Gasteiger partial charge in [0, 0.05) is 31.3 Å². The second-order valence-corrected chi connectivity index (χ2v) is 7.13. The van der Waals surface area contributed by atoms with E-state index < -0.39 is 6.04 Å². The van der Waals surface area contributed by atoms with Crippen molar-refractivity contribution in [2.45, 2.75) is 31.8 Å². The van der Waals surface area contributed by atoms with Crippen LogP contribution < -0.4 is 19.5 Å². The Balaban J connectivity index is 1.84. The van der Waals surface area contributed by atoms with Crippen LogP contribution in [0, 0.1) is 0 Å². The fourth-order valence-electron chi connectivity index (χ4n) is 3.73. The van der Waals surface area contributed by atoms with Crippen molar-refractivity contribution in [3.63, 3.8) is 0 Å². The van der Waals surface area contributed by atoms with Crippen LogP contribution >= 0.6 is 0 Å². The van der Waals surface area contributed by atoms with Crippen LogP contribution in [-0.2, 0) is 11.3 Å². The van der Waals surface area contributed by atoms with E-state index in [0.29, 0.717) is 23.8 Å². The number of piperidine rings is 1. The number of rotatable bonds is 8. The van der Waals surface area contributed by atoms with E-state index in [9.17, 15) is 4.79 Å². The molecule has 2 aromatic rings. The second-order valence-electron chi connectivity index (χ2n) is 7.13. The monoisotopic (exact) mass is 398 g/mol. The standard InChI is InChI=1S/C23H30N2O4/c1-27-19-15-21(29-3)20(28-2)14-18(19)16-24-22(17-10-6-4-7-11-17)23(26)25-12-8-5-9-13-25/h4,6-7,10-11,14-15,22,24H,5,8-9,12-13,16H2,1-3H3/t22-/m0/s1. The summed E-state index contributed by atoms with van der Waals surface area (Å²) in [4.78, 5) is 15.3. The summed E-state index contributed by atoms with van der Waals surface area (Å²) < 4.78 is 16.3.